The van der Waals surface area contributed by atoms with Crippen LogP contribution in [0.4, 0.5) is 0 Å². The van der Waals surface area contributed by atoms with Crippen molar-refractivity contribution in [2.45, 2.75) is 32.4 Å². The molecule has 2 atom stereocenters. The van der Waals surface area contributed by atoms with E-state index in [1.54, 1.807) is 19.9 Å². The fraction of sp³-hybridized carbons (Fsp3) is 0.278. The number of carbonyl (C=O) groups is 1. The van der Waals surface area contributed by atoms with Crippen molar-refractivity contribution in [3.63, 3.8) is 0 Å². The van der Waals surface area contributed by atoms with Gasteiger partial charge >= 0.3 is 0 Å². The standard InChI is InChI=1S/C18H17N3O3/c1-9-7-13(15-10(2)21-24-18(15)19-9)17(23)20-16-12-6-4-3-5-11(12)8-14(16)22/h3-7,14,16,22H,8H2,1-2H3,(H,20,23). The Balaban J connectivity index is 1.72. The van der Waals surface area contributed by atoms with Gasteiger partial charge in [-0.25, -0.2) is 4.98 Å². The van der Waals surface area contributed by atoms with Gasteiger partial charge in [0.25, 0.3) is 11.6 Å². The summed E-state index contributed by atoms with van der Waals surface area (Å²) in [5, 5.41) is 17.8. The summed E-state index contributed by atoms with van der Waals surface area (Å²) in [7, 11) is 0. The van der Waals surface area contributed by atoms with Crippen LogP contribution in [0.2, 0.25) is 0 Å². The normalized spacial score (nSPS) is 19.5. The third-order valence-electron chi connectivity index (χ3n) is 4.48. The lowest BCUT2D eigenvalue weighted by Crippen LogP contribution is -2.34. The average Bonchev–Trinajstić information content (AvgIpc) is 3.07. The summed E-state index contributed by atoms with van der Waals surface area (Å²) in [6.07, 6.45) is -0.0913. The largest absolute Gasteiger partial charge is 0.390 e. The second-order valence-electron chi connectivity index (χ2n) is 6.18. The first-order chi connectivity index (χ1) is 11.5. The quantitative estimate of drug-likeness (QED) is 0.755. The molecule has 0 saturated carbocycles. The lowest BCUT2D eigenvalue weighted by Gasteiger charge is -2.18. The lowest BCUT2D eigenvalue weighted by molar-refractivity contribution is 0.0859. The fourth-order valence-electron chi connectivity index (χ4n) is 3.36. The van der Waals surface area contributed by atoms with Crippen molar-refractivity contribution >= 4 is 17.0 Å². The zero-order valence-corrected chi connectivity index (χ0v) is 13.4. The summed E-state index contributed by atoms with van der Waals surface area (Å²) < 4.78 is 5.18. The van der Waals surface area contributed by atoms with Crippen LogP contribution in [0.1, 0.15) is 38.9 Å². The number of fused-ring (bicyclic) bond motifs is 2. The number of benzene rings is 1. The highest BCUT2D eigenvalue weighted by molar-refractivity contribution is 6.06. The van der Waals surface area contributed by atoms with Gasteiger partial charge in [-0.1, -0.05) is 29.4 Å². The monoisotopic (exact) mass is 323 g/mol. The third kappa shape index (κ3) is 2.27. The van der Waals surface area contributed by atoms with Crippen molar-refractivity contribution in [2.24, 2.45) is 0 Å². The van der Waals surface area contributed by atoms with Crippen LogP contribution in [0.25, 0.3) is 11.1 Å². The minimum Gasteiger partial charge on any atom is -0.390 e. The van der Waals surface area contributed by atoms with E-state index in [2.05, 4.69) is 15.5 Å². The van der Waals surface area contributed by atoms with Crippen LogP contribution in [0.5, 0.6) is 0 Å². The lowest BCUT2D eigenvalue weighted by atomic mass is 10.1. The number of nitrogens with one attached hydrogen (secondary N) is 1. The summed E-state index contributed by atoms with van der Waals surface area (Å²) >= 11 is 0. The topological polar surface area (TPSA) is 88.2 Å². The van der Waals surface area contributed by atoms with E-state index in [-0.39, 0.29) is 5.91 Å². The highest BCUT2D eigenvalue weighted by atomic mass is 16.5. The van der Waals surface area contributed by atoms with Crippen LogP contribution < -0.4 is 5.32 Å². The molecule has 6 nitrogen and oxygen atoms in total. The van der Waals surface area contributed by atoms with E-state index in [0.717, 1.165) is 11.1 Å². The average molecular weight is 323 g/mol. The number of nitrogens with zero attached hydrogens (tertiary/aromatic N) is 2. The highest BCUT2D eigenvalue weighted by Crippen LogP contribution is 2.32. The van der Waals surface area contributed by atoms with Gasteiger partial charge in [-0.2, -0.15) is 0 Å². The molecule has 2 aromatic heterocycles. The molecule has 0 spiro atoms. The molecule has 0 saturated heterocycles. The maximum absolute atomic E-state index is 12.9. The van der Waals surface area contributed by atoms with Crippen LogP contribution in [-0.2, 0) is 6.42 Å². The Morgan fingerprint density at radius 2 is 2.12 bits per heavy atom. The van der Waals surface area contributed by atoms with Crippen LogP contribution in [-0.4, -0.2) is 27.3 Å². The number of hydrogen-bond acceptors (Lipinski definition) is 5. The molecule has 4 rings (SSSR count). The molecule has 1 aliphatic rings. The smallest absolute Gasteiger partial charge is 0.258 e. The second-order valence-corrected chi connectivity index (χ2v) is 6.18. The van der Waals surface area contributed by atoms with Crippen LogP contribution >= 0.6 is 0 Å². The zero-order chi connectivity index (χ0) is 16.8. The van der Waals surface area contributed by atoms with Crippen molar-refractivity contribution in [1.29, 1.82) is 0 Å². The molecule has 0 aliphatic heterocycles. The van der Waals surface area contributed by atoms with E-state index < -0.39 is 12.1 Å². The van der Waals surface area contributed by atoms with E-state index >= 15 is 0 Å². The molecule has 0 bridgehead atoms. The Hall–Kier alpha value is -2.73. The van der Waals surface area contributed by atoms with Gasteiger partial charge < -0.3 is 14.9 Å². The highest BCUT2D eigenvalue weighted by Gasteiger charge is 2.32. The molecule has 2 N–H and O–H groups in total. The SMILES string of the molecule is Cc1cc(C(=O)NC2c3ccccc3CC2O)c2c(C)noc2n1. The molecule has 24 heavy (non-hydrogen) atoms. The van der Waals surface area contributed by atoms with Gasteiger partial charge in [-0.3, -0.25) is 4.79 Å². The molecular weight excluding hydrogens is 306 g/mol. The van der Waals surface area contributed by atoms with Gasteiger partial charge in [-0.15, -0.1) is 0 Å². The van der Waals surface area contributed by atoms with E-state index in [1.807, 2.05) is 24.3 Å². The maximum Gasteiger partial charge on any atom is 0.258 e. The number of amides is 1. The summed E-state index contributed by atoms with van der Waals surface area (Å²) in [5.74, 6) is -0.266. The number of aliphatic hydroxyl groups is 1. The Morgan fingerprint density at radius 1 is 1.33 bits per heavy atom. The molecule has 0 radical (unpaired) electrons. The Morgan fingerprint density at radius 3 is 2.96 bits per heavy atom. The Labute approximate surface area is 138 Å². The number of aliphatic hydroxyl groups excluding tert-OH is 1. The number of rotatable bonds is 2. The first-order valence-corrected chi connectivity index (χ1v) is 7.85. The molecular formula is C18H17N3O3. The second kappa shape index (κ2) is 5.42. The van der Waals surface area contributed by atoms with Crippen molar-refractivity contribution in [3.05, 3.63) is 58.4 Å². The summed E-state index contributed by atoms with van der Waals surface area (Å²) in [6, 6.07) is 9.06. The van der Waals surface area contributed by atoms with Gasteiger partial charge in [0.15, 0.2) is 0 Å². The van der Waals surface area contributed by atoms with E-state index in [0.29, 0.717) is 34.5 Å². The molecule has 3 aromatic rings. The van der Waals surface area contributed by atoms with Gasteiger partial charge in [-0.05, 0) is 31.0 Å². The number of aryl methyl sites for hydroxylation is 2. The summed E-state index contributed by atoms with van der Waals surface area (Å²) in [6.45, 7) is 3.58. The Kier molecular flexibility index (Phi) is 3.35. The van der Waals surface area contributed by atoms with Gasteiger partial charge in [0, 0.05) is 12.1 Å². The first-order valence-electron chi connectivity index (χ1n) is 7.85. The van der Waals surface area contributed by atoms with Crippen LogP contribution in [0, 0.1) is 13.8 Å². The van der Waals surface area contributed by atoms with Crippen LogP contribution in [0.3, 0.4) is 0 Å². The zero-order valence-electron chi connectivity index (χ0n) is 13.4. The minimum atomic E-state index is -0.631. The molecule has 6 heteroatoms. The molecule has 1 amide bonds. The van der Waals surface area contributed by atoms with E-state index in [4.69, 9.17) is 4.52 Å². The number of carbonyl (C=O) groups excluding carboxylic acids is 1. The van der Waals surface area contributed by atoms with Crippen molar-refractivity contribution < 1.29 is 14.4 Å². The molecule has 2 heterocycles. The molecule has 0 fully saturated rings. The number of hydrogen-bond donors (Lipinski definition) is 2. The third-order valence-corrected chi connectivity index (χ3v) is 4.48. The van der Waals surface area contributed by atoms with Gasteiger partial charge in [0.1, 0.15) is 0 Å². The maximum atomic E-state index is 12.9. The number of aromatic nitrogens is 2. The number of pyridine rings is 1. The summed E-state index contributed by atoms with van der Waals surface area (Å²) in [4.78, 5) is 17.1. The van der Waals surface area contributed by atoms with Crippen LogP contribution in [0.15, 0.2) is 34.9 Å². The molecule has 1 aliphatic carbocycles. The fourth-order valence-corrected chi connectivity index (χ4v) is 3.36. The van der Waals surface area contributed by atoms with Crippen molar-refractivity contribution in [3.8, 4) is 0 Å². The predicted molar refractivity (Wildman–Crippen MR) is 87.6 cm³/mol. The van der Waals surface area contributed by atoms with Gasteiger partial charge in [0.05, 0.1) is 28.8 Å². The molecule has 122 valence electrons. The summed E-state index contributed by atoms with van der Waals surface area (Å²) in [5.41, 5.74) is 4.14. The van der Waals surface area contributed by atoms with E-state index in [1.165, 1.54) is 0 Å². The predicted octanol–water partition coefficient (Wildman–Crippen LogP) is 2.23. The van der Waals surface area contributed by atoms with E-state index in [9.17, 15) is 9.90 Å². The first kappa shape index (κ1) is 14.8. The van der Waals surface area contributed by atoms with Gasteiger partial charge in [0.2, 0.25) is 0 Å². The minimum absolute atomic E-state index is 0.266. The molecule has 2 unspecified atom stereocenters. The van der Waals surface area contributed by atoms with Crippen molar-refractivity contribution in [2.75, 3.05) is 0 Å². The van der Waals surface area contributed by atoms with Crippen molar-refractivity contribution in [1.82, 2.24) is 15.5 Å². The molecule has 1 aromatic carbocycles. The Bertz CT molecular complexity index is 948.